The Morgan fingerprint density at radius 3 is 2.67 bits per heavy atom. The Balaban J connectivity index is 2.12. The number of rotatable bonds is 8. The van der Waals surface area contributed by atoms with Gasteiger partial charge in [0.1, 0.15) is 0 Å². The molecule has 0 spiro atoms. The van der Waals surface area contributed by atoms with Crippen LogP contribution in [-0.2, 0) is 4.79 Å². The van der Waals surface area contributed by atoms with Crippen LogP contribution in [0.5, 0.6) is 11.5 Å². The molecule has 0 saturated carbocycles. The Labute approximate surface area is 144 Å². The van der Waals surface area contributed by atoms with Gasteiger partial charge in [0, 0.05) is 10.4 Å². The molecule has 1 aromatic heterocycles. The molecular weight excluding hydrogens is 330 g/mol. The van der Waals surface area contributed by atoms with Crippen LogP contribution in [0.3, 0.4) is 0 Å². The first-order valence-electron chi connectivity index (χ1n) is 7.47. The van der Waals surface area contributed by atoms with Gasteiger partial charge in [-0.05, 0) is 43.5 Å². The number of aliphatic carboxylic acids is 1. The molecule has 1 heterocycles. The molecule has 1 unspecified atom stereocenters. The molecule has 2 aromatic rings. The maximum absolute atomic E-state index is 12.4. The van der Waals surface area contributed by atoms with E-state index in [9.17, 15) is 9.59 Å². The molecule has 0 radical (unpaired) electrons. The molecule has 0 aliphatic heterocycles. The fourth-order valence-corrected chi connectivity index (χ4v) is 2.80. The number of carboxylic acid groups (broad SMARTS) is 1. The van der Waals surface area contributed by atoms with Gasteiger partial charge in [0.05, 0.1) is 12.6 Å². The zero-order valence-electron chi connectivity index (χ0n) is 13.4. The second-order valence-corrected chi connectivity index (χ2v) is 5.97. The number of nitrogens with one attached hydrogen (secondary N) is 1. The predicted octanol–water partition coefficient (Wildman–Crippen LogP) is 3.10. The van der Waals surface area contributed by atoms with Gasteiger partial charge in [0.25, 0.3) is 5.91 Å². The molecule has 0 bridgehead atoms. The molecule has 7 heteroatoms. The Morgan fingerprint density at radius 1 is 1.25 bits per heavy atom. The summed E-state index contributed by atoms with van der Waals surface area (Å²) in [5.41, 5.74) is 0.421. The van der Waals surface area contributed by atoms with Gasteiger partial charge in [-0.15, -0.1) is 11.3 Å². The number of benzene rings is 1. The van der Waals surface area contributed by atoms with Gasteiger partial charge in [-0.2, -0.15) is 0 Å². The van der Waals surface area contributed by atoms with Crippen LogP contribution >= 0.6 is 11.3 Å². The minimum absolute atomic E-state index is 0.101. The Kier molecular flexibility index (Phi) is 6.20. The van der Waals surface area contributed by atoms with Crippen LogP contribution in [0.15, 0.2) is 35.7 Å². The summed E-state index contributed by atoms with van der Waals surface area (Å²) in [5.74, 6) is -0.678. The van der Waals surface area contributed by atoms with E-state index in [2.05, 4.69) is 5.32 Å². The molecule has 0 fully saturated rings. The predicted molar refractivity (Wildman–Crippen MR) is 90.9 cm³/mol. The second kappa shape index (κ2) is 8.35. The maximum Gasteiger partial charge on any atom is 0.341 e. The van der Waals surface area contributed by atoms with Crippen molar-refractivity contribution in [1.29, 1.82) is 0 Å². The minimum atomic E-state index is -1.08. The van der Waals surface area contributed by atoms with E-state index in [0.29, 0.717) is 23.7 Å². The number of thiophene rings is 1. The van der Waals surface area contributed by atoms with E-state index >= 15 is 0 Å². The van der Waals surface area contributed by atoms with Crippen molar-refractivity contribution in [3.63, 3.8) is 0 Å². The third-order valence-electron chi connectivity index (χ3n) is 3.17. The zero-order chi connectivity index (χ0) is 17.5. The van der Waals surface area contributed by atoms with Crippen molar-refractivity contribution in [2.24, 2.45) is 0 Å². The molecule has 1 atom stereocenters. The summed E-state index contributed by atoms with van der Waals surface area (Å²) in [6.07, 6.45) is 0. The lowest BCUT2D eigenvalue weighted by Crippen LogP contribution is -2.26. The first kappa shape index (κ1) is 17.8. The smallest absolute Gasteiger partial charge is 0.341 e. The first-order chi connectivity index (χ1) is 11.5. The van der Waals surface area contributed by atoms with E-state index in [-0.39, 0.29) is 11.9 Å². The maximum atomic E-state index is 12.4. The summed E-state index contributed by atoms with van der Waals surface area (Å²) in [6.45, 7) is 3.62. The number of carbonyl (C=O) groups excluding carboxylic acids is 1. The Bertz CT molecular complexity index is 699. The van der Waals surface area contributed by atoms with Crippen molar-refractivity contribution in [1.82, 2.24) is 5.32 Å². The number of hydrogen-bond acceptors (Lipinski definition) is 5. The van der Waals surface area contributed by atoms with Gasteiger partial charge in [-0.3, -0.25) is 4.79 Å². The molecule has 1 aromatic carbocycles. The van der Waals surface area contributed by atoms with E-state index in [1.165, 1.54) is 0 Å². The van der Waals surface area contributed by atoms with Crippen LogP contribution < -0.4 is 14.8 Å². The summed E-state index contributed by atoms with van der Waals surface area (Å²) in [7, 11) is 0. The average Bonchev–Trinajstić information content (AvgIpc) is 3.08. The number of hydrogen-bond donors (Lipinski definition) is 2. The highest BCUT2D eigenvalue weighted by atomic mass is 32.1. The third kappa shape index (κ3) is 4.73. The van der Waals surface area contributed by atoms with Crippen LogP contribution in [0.1, 0.15) is 35.1 Å². The number of amides is 1. The minimum Gasteiger partial charge on any atom is -0.490 e. The van der Waals surface area contributed by atoms with Crippen molar-refractivity contribution in [3.8, 4) is 11.5 Å². The van der Waals surface area contributed by atoms with Gasteiger partial charge < -0.3 is 19.9 Å². The number of carboxylic acids is 1. The molecule has 1 amide bonds. The Morgan fingerprint density at radius 2 is 2.04 bits per heavy atom. The van der Waals surface area contributed by atoms with Crippen molar-refractivity contribution in [2.75, 3.05) is 13.2 Å². The van der Waals surface area contributed by atoms with Crippen LogP contribution in [0.4, 0.5) is 0 Å². The van der Waals surface area contributed by atoms with E-state index in [4.69, 9.17) is 14.6 Å². The molecule has 2 rings (SSSR count). The van der Waals surface area contributed by atoms with Crippen LogP contribution in [0.25, 0.3) is 0 Å². The highest BCUT2D eigenvalue weighted by molar-refractivity contribution is 7.10. The molecule has 128 valence electrons. The monoisotopic (exact) mass is 349 g/mol. The van der Waals surface area contributed by atoms with Gasteiger partial charge >= 0.3 is 5.97 Å². The molecule has 0 aliphatic carbocycles. The highest BCUT2D eigenvalue weighted by Gasteiger charge is 2.15. The lowest BCUT2D eigenvalue weighted by atomic mass is 10.1. The van der Waals surface area contributed by atoms with Crippen molar-refractivity contribution in [3.05, 3.63) is 46.2 Å². The Hall–Kier alpha value is -2.54. The van der Waals surface area contributed by atoms with Gasteiger partial charge in [0.15, 0.2) is 18.1 Å². The fraction of sp³-hybridized carbons (Fsp3) is 0.294. The van der Waals surface area contributed by atoms with Crippen LogP contribution in [-0.4, -0.2) is 30.2 Å². The van der Waals surface area contributed by atoms with Crippen molar-refractivity contribution in [2.45, 2.75) is 19.9 Å². The molecule has 6 nitrogen and oxygen atoms in total. The van der Waals surface area contributed by atoms with Gasteiger partial charge in [-0.1, -0.05) is 6.07 Å². The third-order valence-corrected chi connectivity index (χ3v) is 4.23. The second-order valence-electron chi connectivity index (χ2n) is 4.99. The zero-order valence-corrected chi connectivity index (χ0v) is 14.3. The van der Waals surface area contributed by atoms with Crippen LogP contribution in [0, 0.1) is 0 Å². The van der Waals surface area contributed by atoms with Crippen molar-refractivity contribution < 1.29 is 24.2 Å². The number of carbonyl (C=O) groups is 2. The van der Waals surface area contributed by atoms with Gasteiger partial charge in [0.2, 0.25) is 0 Å². The quantitative estimate of drug-likeness (QED) is 0.765. The van der Waals surface area contributed by atoms with E-state index < -0.39 is 12.6 Å². The molecular formula is C17H19NO5S. The topological polar surface area (TPSA) is 84.9 Å². The lowest BCUT2D eigenvalue weighted by Gasteiger charge is -2.15. The summed E-state index contributed by atoms with van der Waals surface area (Å²) in [4.78, 5) is 24.1. The standard InChI is InChI=1S/C17H19NO5S/c1-3-22-14-9-12(6-7-13(14)23-10-16(19)20)17(21)18-11(2)15-5-4-8-24-15/h4-9,11H,3,10H2,1-2H3,(H,18,21)(H,19,20). The first-order valence-corrected chi connectivity index (χ1v) is 8.35. The highest BCUT2D eigenvalue weighted by Crippen LogP contribution is 2.29. The van der Waals surface area contributed by atoms with Gasteiger partial charge in [-0.25, -0.2) is 4.79 Å². The number of ether oxygens (including phenoxy) is 2. The molecule has 0 saturated heterocycles. The normalized spacial score (nSPS) is 11.6. The summed E-state index contributed by atoms with van der Waals surface area (Å²) >= 11 is 1.58. The van der Waals surface area contributed by atoms with E-state index in [1.807, 2.05) is 24.4 Å². The fourth-order valence-electron chi connectivity index (χ4n) is 2.07. The van der Waals surface area contributed by atoms with Crippen molar-refractivity contribution >= 4 is 23.2 Å². The largest absolute Gasteiger partial charge is 0.490 e. The molecule has 0 aliphatic rings. The lowest BCUT2D eigenvalue weighted by molar-refractivity contribution is -0.139. The molecule has 24 heavy (non-hydrogen) atoms. The van der Waals surface area contributed by atoms with Crippen LogP contribution in [0.2, 0.25) is 0 Å². The SMILES string of the molecule is CCOc1cc(C(=O)NC(C)c2cccs2)ccc1OCC(=O)O. The summed E-state index contributed by atoms with van der Waals surface area (Å²) in [6, 6.07) is 8.47. The average molecular weight is 349 g/mol. The van der Waals surface area contributed by atoms with E-state index in [1.54, 1.807) is 36.5 Å². The summed E-state index contributed by atoms with van der Waals surface area (Å²) < 4.78 is 10.6. The molecule has 2 N–H and O–H groups in total. The summed E-state index contributed by atoms with van der Waals surface area (Å²) in [5, 5.41) is 13.6. The van der Waals surface area contributed by atoms with E-state index in [0.717, 1.165) is 4.88 Å².